The van der Waals surface area contributed by atoms with Gasteiger partial charge in [0.2, 0.25) is 45.6 Å². The molecule has 3 unspecified atom stereocenters. The Morgan fingerprint density at radius 2 is 0.569 bits per heavy atom. The largest absolute Gasteiger partial charge is 0.437 e. The number of aromatic nitrogens is 8. The third kappa shape index (κ3) is 16.8. The number of benzene rings is 4. The normalized spacial score (nSPS) is 18.3. The zero-order chi connectivity index (χ0) is 108. The number of rotatable bonds is 16. The van der Waals surface area contributed by atoms with Gasteiger partial charge in [0.15, 0.2) is 47.1 Å². The van der Waals surface area contributed by atoms with E-state index >= 15 is 0 Å². The van der Waals surface area contributed by atoms with Gasteiger partial charge in [-0.25, -0.2) is 38.2 Å². The van der Waals surface area contributed by atoms with E-state index in [2.05, 4.69) is 19.9 Å². The van der Waals surface area contributed by atoms with Crippen LogP contribution < -0.4 is 18.3 Å². The summed E-state index contributed by atoms with van der Waals surface area (Å²) in [6, 6.07) is 36.5. The van der Waals surface area contributed by atoms with Crippen LogP contribution in [0.25, 0.3) is 133 Å². The first-order valence-corrected chi connectivity index (χ1v) is 39.2. The van der Waals surface area contributed by atoms with E-state index in [1.807, 2.05) is 185 Å². The van der Waals surface area contributed by atoms with Crippen LogP contribution in [0.1, 0.15) is 262 Å². The van der Waals surface area contributed by atoms with E-state index in [9.17, 15) is 0 Å². The van der Waals surface area contributed by atoms with Crippen LogP contribution >= 0.6 is 0 Å². The number of hydrogen-bond donors (Lipinski definition) is 0. The third-order valence-corrected chi connectivity index (χ3v) is 20.9. The van der Waals surface area contributed by atoms with Gasteiger partial charge in [-0.3, -0.25) is 0 Å². The molecule has 0 aliphatic heterocycles. The molecule has 12 heterocycles. The Morgan fingerprint density at radius 3 is 0.853 bits per heavy atom. The summed E-state index contributed by atoms with van der Waals surface area (Å²) in [5, 5.41) is 6.21. The quantitative estimate of drug-likeness (QED) is 0.0878. The van der Waals surface area contributed by atoms with Gasteiger partial charge in [-0.15, -0.1) is 0 Å². The van der Waals surface area contributed by atoms with Crippen molar-refractivity contribution < 1.29 is 74.3 Å². The molecule has 116 heavy (non-hydrogen) atoms. The van der Waals surface area contributed by atoms with Crippen molar-refractivity contribution in [2.24, 2.45) is 51.8 Å². The third-order valence-electron chi connectivity index (χ3n) is 20.9. The lowest BCUT2D eigenvalue weighted by atomic mass is 9.94. The average molecular weight is 1580 g/mol. The van der Waals surface area contributed by atoms with Crippen LogP contribution in [0.5, 0.6) is 0 Å². The fourth-order valence-electron chi connectivity index (χ4n) is 15.4. The van der Waals surface area contributed by atoms with Crippen molar-refractivity contribution in [2.45, 2.75) is 215 Å². The zero-order valence-electron chi connectivity index (χ0n) is 98.8. The maximum atomic E-state index is 8.70. The van der Waals surface area contributed by atoms with Crippen LogP contribution in [-0.2, 0) is 53.7 Å². The van der Waals surface area contributed by atoms with Crippen molar-refractivity contribution in [2.75, 3.05) is 0 Å². The molecule has 16 aromatic rings. The highest BCUT2D eigenvalue weighted by molar-refractivity contribution is 6.12. The lowest BCUT2D eigenvalue weighted by molar-refractivity contribution is -0.661. The number of fused-ring (bicyclic) bond motifs is 12. The molecule has 12 nitrogen and oxygen atoms in total. The van der Waals surface area contributed by atoms with Gasteiger partial charge in [-0.2, -0.15) is 0 Å². The Bertz CT molecular complexity index is 7740. The second-order valence-electron chi connectivity index (χ2n) is 32.0. The van der Waals surface area contributed by atoms with Crippen LogP contribution in [0.15, 0.2) is 164 Å². The summed E-state index contributed by atoms with van der Waals surface area (Å²) in [5.41, 5.74) is 17.3. The lowest BCUT2D eigenvalue weighted by Gasteiger charge is -2.12. The second-order valence-corrected chi connectivity index (χ2v) is 32.0. The molecule has 0 saturated carbocycles. The summed E-state index contributed by atoms with van der Waals surface area (Å²) in [6.07, 6.45) is -0.757. The zero-order valence-corrected chi connectivity index (χ0v) is 70.8. The minimum Gasteiger partial charge on any atom is -0.437 e. The monoisotopic (exact) mass is 1580 g/mol. The maximum absolute atomic E-state index is 8.70. The van der Waals surface area contributed by atoms with Crippen LogP contribution in [0.3, 0.4) is 0 Å². The molecule has 12 aromatic heterocycles. The number of pyridine rings is 8. The van der Waals surface area contributed by atoms with Crippen molar-refractivity contribution in [3.05, 3.63) is 236 Å². The molecule has 0 fully saturated rings. The van der Waals surface area contributed by atoms with E-state index in [0.29, 0.717) is 83.9 Å². The molecule has 0 radical (unpaired) electrons. The van der Waals surface area contributed by atoms with Gasteiger partial charge in [0.1, 0.15) is 28.2 Å². The fourth-order valence-corrected chi connectivity index (χ4v) is 15.4. The second kappa shape index (κ2) is 33.8. The first-order valence-electron chi connectivity index (χ1n) is 53.2. The van der Waals surface area contributed by atoms with Crippen LogP contribution in [0, 0.1) is 78.9 Å². The topological polar surface area (TPSA) is 120 Å². The molecule has 0 aliphatic carbocycles. The molecular weight excluding hydrogens is 1430 g/mol. The molecular formula is C104H124N8O4+4. The fraction of sp³-hybridized carbons (Fsp3) is 0.385. The smallest absolute Gasteiger partial charge is 0.227 e. The average Bonchev–Trinajstić information content (AvgIpc) is 1.53. The van der Waals surface area contributed by atoms with Crippen molar-refractivity contribution in [1.82, 2.24) is 19.9 Å². The molecule has 0 N–H and O–H groups in total. The van der Waals surface area contributed by atoms with Crippen molar-refractivity contribution in [1.29, 1.82) is 0 Å². The Balaban J connectivity index is 0.000000161. The molecule has 0 aliphatic rings. The highest BCUT2D eigenvalue weighted by Crippen LogP contribution is 2.43. The Morgan fingerprint density at radius 1 is 0.302 bits per heavy atom. The van der Waals surface area contributed by atoms with E-state index < -0.39 is 89.2 Å². The van der Waals surface area contributed by atoms with Crippen LogP contribution in [0.2, 0.25) is 0 Å². The molecule has 12 heteroatoms. The van der Waals surface area contributed by atoms with E-state index in [1.54, 1.807) is 99.7 Å². The molecule has 0 spiro atoms. The van der Waals surface area contributed by atoms with E-state index in [4.69, 9.17) is 56.0 Å². The minimum absolute atomic E-state index is 0.108. The number of hydrogen-bond acceptors (Lipinski definition) is 8. The highest BCUT2D eigenvalue weighted by Gasteiger charge is 2.29. The molecule has 0 amide bonds. The van der Waals surface area contributed by atoms with Gasteiger partial charge in [-0.1, -0.05) is 159 Å². The van der Waals surface area contributed by atoms with Gasteiger partial charge >= 0.3 is 0 Å². The van der Waals surface area contributed by atoms with Gasteiger partial charge in [0.05, 0.1) is 22.3 Å². The van der Waals surface area contributed by atoms with E-state index in [-0.39, 0.29) is 57.3 Å². The molecule has 3 atom stereocenters. The standard InChI is InChI=1S/4C26H31N2O/c2*1-15(2)12-19-9-11-21-20-10-8-17(5)24(25(20)29-26(21)27-19)23-13-22(16(3)4)18(6)14-28(23)7;2*1-15(2)12-19-9-11-21-20-10-8-17(5)24(25(20)29-26(21)27-19)23-13-18(6)22(16(3)4)14-28(23)7/h4*8-11,13-16H,12H2,1-7H3/q4*+1/i3D3,6D3,12D2,16D;6D3,12D2,16D;1D3,12D2,15D,16D;3D3,12D2,16D. The lowest BCUT2D eigenvalue weighted by Crippen LogP contribution is -2.32. The predicted molar refractivity (Wildman–Crippen MR) is 481 cm³/mol. The first kappa shape index (κ1) is 54.2. The Kier molecular flexibility index (Phi) is 15.8. The Hall–Kier alpha value is -10.7. The predicted octanol–water partition coefficient (Wildman–Crippen LogP) is 25.6. The van der Waals surface area contributed by atoms with Gasteiger partial charge < -0.3 is 17.7 Å². The van der Waals surface area contributed by atoms with E-state index in [1.165, 1.54) is 32.2 Å². The maximum Gasteiger partial charge on any atom is 0.227 e. The van der Waals surface area contributed by atoms with Crippen molar-refractivity contribution in [3.8, 4) is 45.0 Å². The van der Waals surface area contributed by atoms with Gasteiger partial charge in [0, 0.05) is 151 Å². The van der Waals surface area contributed by atoms with Gasteiger partial charge in [-0.05, 0) is 221 Å². The summed E-state index contributed by atoms with van der Waals surface area (Å²) < 4.78 is 261. The Labute approximate surface area is 727 Å². The summed E-state index contributed by atoms with van der Waals surface area (Å²) in [5.74, 6) is -9.01. The molecule has 4 aromatic carbocycles. The minimum atomic E-state index is -2.85. The summed E-state index contributed by atoms with van der Waals surface area (Å²) in [6.45, 7) is 20.2. The van der Waals surface area contributed by atoms with Crippen molar-refractivity contribution in [3.63, 3.8) is 0 Å². The summed E-state index contributed by atoms with van der Waals surface area (Å²) >= 11 is 0. The summed E-state index contributed by atoms with van der Waals surface area (Å²) in [4.78, 5) is 18.0. The van der Waals surface area contributed by atoms with Gasteiger partial charge in [0.25, 0.3) is 0 Å². The first-order chi connectivity index (χ1) is 65.8. The van der Waals surface area contributed by atoms with Crippen LogP contribution in [-0.4, -0.2) is 19.9 Å². The molecule has 0 bridgehead atoms. The summed E-state index contributed by atoms with van der Waals surface area (Å²) in [7, 11) is 7.22. The SMILES string of the molecule is [2H]C(C)(C)c1c[n+](C)c(-c2c(C)ccc3c2oc2nc(C([2H])([2H])C([2H])(C)C([2H])([2H])[2H])ccc23)cc1C.[2H]C([2H])([2H])c1c[n+](C)c(-c2c(C)ccc3c2oc2nc(C([2H])([2H])C(C)C)ccc23)cc1C([2H])(C)C.[2H]C([2H])([2H])c1c[n+](C)c(-c2c(C)ccc3c2oc2nc(C([2H])([2H])C(C)C)ccc23)cc1C([2H])(C)C([2H])([2H])[2H].[2H]C([2H])(c1ccc2c(n1)oc1c(-c3cc(C)c(C([2H])(C)C([2H])([2H])[2H])c[n+]3C)c(C)ccc12)C(C)C. The molecule has 16 rings (SSSR count). The number of nitrogens with zero attached hydrogens (tertiary/aromatic N) is 8. The number of furan rings is 4. The number of aryl methyl sites for hydroxylation is 12. The van der Waals surface area contributed by atoms with E-state index in [0.717, 1.165) is 106 Å². The molecule has 600 valence electrons. The molecule has 0 saturated heterocycles. The van der Waals surface area contributed by atoms with Crippen LogP contribution in [0.4, 0.5) is 0 Å². The highest BCUT2D eigenvalue weighted by atomic mass is 16.4. The van der Waals surface area contributed by atoms with Crippen molar-refractivity contribution >= 4 is 88.3 Å².